The molecule has 0 atom stereocenters. The molecule has 0 spiro atoms. The molecule has 27 heavy (non-hydrogen) atoms. The minimum Gasteiger partial charge on any atom is -0.422 e. The Morgan fingerprint density at radius 3 is 2.74 bits per heavy atom. The van der Waals surface area contributed by atoms with Gasteiger partial charge in [0, 0.05) is 42.6 Å². The van der Waals surface area contributed by atoms with Crippen LogP contribution in [0.3, 0.4) is 0 Å². The van der Waals surface area contributed by atoms with E-state index in [9.17, 15) is 19.7 Å². The largest absolute Gasteiger partial charge is 0.422 e. The third kappa shape index (κ3) is 3.79. The molecule has 0 aliphatic heterocycles. The number of benzene rings is 2. The number of ether oxygens (including phenoxy) is 1. The molecule has 0 bridgehead atoms. The van der Waals surface area contributed by atoms with E-state index in [-0.39, 0.29) is 17.9 Å². The molecule has 138 valence electrons. The lowest BCUT2D eigenvalue weighted by Gasteiger charge is -2.09. The van der Waals surface area contributed by atoms with Crippen molar-refractivity contribution in [3.63, 3.8) is 0 Å². The highest BCUT2D eigenvalue weighted by molar-refractivity contribution is 5.83. The van der Waals surface area contributed by atoms with Crippen molar-refractivity contribution in [3.8, 4) is 5.75 Å². The molecule has 0 fully saturated rings. The normalized spacial score (nSPS) is 10.6. The summed E-state index contributed by atoms with van der Waals surface area (Å²) >= 11 is 0. The number of nitrogens with one attached hydrogen (secondary N) is 1. The van der Waals surface area contributed by atoms with E-state index in [2.05, 4.69) is 5.32 Å². The maximum atomic E-state index is 12.4. The second kappa shape index (κ2) is 7.28. The van der Waals surface area contributed by atoms with Crippen LogP contribution in [0.15, 0.2) is 51.7 Å². The highest BCUT2D eigenvalue weighted by atomic mass is 16.6. The molecule has 8 nitrogen and oxygen atoms in total. The summed E-state index contributed by atoms with van der Waals surface area (Å²) in [6.45, 7) is 1.78. The lowest BCUT2D eigenvalue weighted by atomic mass is 9.99. The molecular weight excluding hydrogens is 352 g/mol. The van der Waals surface area contributed by atoms with Crippen molar-refractivity contribution in [3.05, 3.63) is 79.7 Å². The Morgan fingerprint density at radius 1 is 1.26 bits per heavy atom. The quantitative estimate of drug-likeness (QED) is 0.429. The smallest absolute Gasteiger partial charge is 0.412 e. The van der Waals surface area contributed by atoms with Crippen LogP contribution in [0.2, 0.25) is 0 Å². The number of amides is 1. The van der Waals surface area contributed by atoms with Crippen molar-refractivity contribution in [1.82, 2.24) is 5.32 Å². The average Bonchev–Trinajstić information content (AvgIpc) is 2.65. The summed E-state index contributed by atoms with van der Waals surface area (Å²) < 4.78 is 10.4. The monoisotopic (exact) mass is 368 g/mol. The van der Waals surface area contributed by atoms with Crippen LogP contribution in [0.1, 0.15) is 16.7 Å². The summed E-state index contributed by atoms with van der Waals surface area (Å²) in [5, 5.41) is 14.0. The number of carbonyl (C=O) groups excluding carboxylic acids is 1. The molecular formula is C19H16N2O6. The first-order chi connectivity index (χ1) is 12.9. The van der Waals surface area contributed by atoms with Gasteiger partial charge in [-0.3, -0.25) is 10.1 Å². The number of nitro groups is 1. The number of fused-ring (bicyclic) bond motifs is 1. The van der Waals surface area contributed by atoms with Gasteiger partial charge < -0.3 is 14.5 Å². The van der Waals surface area contributed by atoms with Gasteiger partial charge in [-0.05, 0) is 30.2 Å². The van der Waals surface area contributed by atoms with Gasteiger partial charge in [-0.15, -0.1) is 0 Å². The van der Waals surface area contributed by atoms with Gasteiger partial charge in [0.1, 0.15) is 11.3 Å². The van der Waals surface area contributed by atoms with Crippen LogP contribution < -0.4 is 15.7 Å². The number of carbonyl (C=O) groups is 1. The van der Waals surface area contributed by atoms with E-state index in [1.807, 2.05) is 0 Å². The number of rotatable bonds is 4. The first-order valence-corrected chi connectivity index (χ1v) is 8.08. The van der Waals surface area contributed by atoms with Gasteiger partial charge in [0.05, 0.1) is 4.92 Å². The minimum absolute atomic E-state index is 0.0358. The third-order valence-corrected chi connectivity index (χ3v) is 4.18. The Morgan fingerprint density at radius 2 is 2.04 bits per heavy atom. The SMILES string of the molecule is CNC(=O)Oc1ccc2c(C)c(Cc3cccc([N+](=O)[O-])c3)c(=O)oc2c1. The molecule has 1 amide bonds. The highest BCUT2D eigenvalue weighted by Crippen LogP contribution is 2.26. The molecule has 0 aliphatic rings. The molecule has 1 heterocycles. The van der Waals surface area contributed by atoms with Crippen LogP contribution in [0.4, 0.5) is 10.5 Å². The summed E-state index contributed by atoms with van der Waals surface area (Å²) in [4.78, 5) is 34.2. The molecule has 0 saturated heterocycles. The lowest BCUT2D eigenvalue weighted by molar-refractivity contribution is -0.384. The predicted octanol–water partition coefficient (Wildman–Crippen LogP) is 3.32. The molecule has 1 N–H and O–H groups in total. The van der Waals surface area contributed by atoms with Gasteiger partial charge in [0.2, 0.25) is 0 Å². The number of hydrogen-bond acceptors (Lipinski definition) is 6. The first kappa shape index (κ1) is 18.1. The van der Waals surface area contributed by atoms with Crippen molar-refractivity contribution in [2.75, 3.05) is 7.05 Å². The van der Waals surface area contributed by atoms with Gasteiger partial charge >= 0.3 is 11.7 Å². The Kier molecular flexibility index (Phi) is 4.89. The van der Waals surface area contributed by atoms with Crippen LogP contribution >= 0.6 is 0 Å². The zero-order valence-corrected chi connectivity index (χ0v) is 14.6. The van der Waals surface area contributed by atoms with Crippen LogP contribution in [0, 0.1) is 17.0 Å². The number of nitro benzene ring substituents is 1. The standard InChI is InChI=1S/C19H16N2O6/c1-11-15-7-6-14(26-19(23)20-2)10-17(15)27-18(22)16(11)9-12-4-3-5-13(8-12)21(24)25/h3-8,10H,9H2,1-2H3,(H,20,23). The van der Waals surface area contributed by atoms with Gasteiger partial charge in [-0.1, -0.05) is 12.1 Å². The van der Waals surface area contributed by atoms with Crippen molar-refractivity contribution < 1.29 is 18.9 Å². The highest BCUT2D eigenvalue weighted by Gasteiger charge is 2.15. The van der Waals surface area contributed by atoms with Gasteiger partial charge in [0.25, 0.3) is 5.69 Å². The maximum absolute atomic E-state index is 12.4. The minimum atomic E-state index is -0.629. The fourth-order valence-corrected chi connectivity index (χ4v) is 2.78. The van der Waals surface area contributed by atoms with E-state index in [4.69, 9.17) is 9.15 Å². The maximum Gasteiger partial charge on any atom is 0.412 e. The molecule has 0 radical (unpaired) electrons. The van der Waals surface area contributed by atoms with Crippen molar-refractivity contribution in [1.29, 1.82) is 0 Å². The summed E-state index contributed by atoms with van der Waals surface area (Å²) in [6.07, 6.45) is -0.418. The summed E-state index contributed by atoms with van der Waals surface area (Å²) in [7, 11) is 1.44. The second-order valence-electron chi connectivity index (χ2n) is 5.89. The zero-order valence-electron chi connectivity index (χ0n) is 14.6. The summed E-state index contributed by atoms with van der Waals surface area (Å²) in [6, 6.07) is 10.9. The molecule has 1 aromatic heterocycles. The third-order valence-electron chi connectivity index (χ3n) is 4.18. The van der Waals surface area contributed by atoms with Crippen LogP contribution in [0.25, 0.3) is 11.0 Å². The first-order valence-electron chi connectivity index (χ1n) is 8.08. The Hall–Kier alpha value is -3.68. The number of nitrogens with zero attached hydrogens (tertiary/aromatic N) is 1. The fraction of sp³-hybridized carbons (Fsp3) is 0.158. The number of hydrogen-bond donors (Lipinski definition) is 1. The molecule has 0 aliphatic carbocycles. The number of non-ortho nitro benzene ring substituents is 1. The lowest BCUT2D eigenvalue weighted by Crippen LogP contribution is -2.22. The number of aryl methyl sites for hydroxylation is 1. The molecule has 3 rings (SSSR count). The molecule has 8 heteroatoms. The van der Waals surface area contributed by atoms with Gasteiger partial charge in [-0.2, -0.15) is 0 Å². The van der Waals surface area contributed by atoms with Crippen molar-refractivity contribution >= 4 is 22.7 Å². The van der Waals surface area contributed by atoms with E-state index in [0.29, 0.717) is 27.7 Å². The van der Waals surface area contributed by atoms with Crippen LogP contribution in [-0.4, -0.2) is 18.1 Å². The summed E-state index contributed by atoms with van der Waals surface area (Å²) in [5.41, 5.74) is 1.48. The van der Waals surface area contributed by atoms with E-state index < -0.39 is 16.6 Å². The van der Waals surface area contributed by atoms with Gasteiger partial charge in [-0.25, -0.2) is 9.59 Å². The van der Waals surface area contributed by atoms with E-state index in [0.717, 1.165) is 0 Å². The van der Waals surface area contributed by atoms with Crippen molar-refractivity contribution in [2.45, 2.75) is 13.3 Å². The van der Waals surface area contributed by atoms with E-state index >= 15 is 0 Å². The molecule has 0 saturated carbocycles. The fourth-order valence-electron chi connectivity index (χ4n) is 2.78. The Bertz CT molecular complexity index is 1100. The van der Waals surface area contributed by atoms with Crippen LogP contribution in [0.5, 0.6) is 5.75 Å². The topological polar surface area (TPSA) is 112 Å². The molecule has 0 unspecified atom stereocenters. The average molecular weight is 368 g/mol. The van der Waals surface area contributed by atoms with Gasteiger partial charge in [0.15, 0.2) is 0 Å². The summed E-state index contributed by atoms with van der Waals surface area (Å²) in [5.74, 6) is 0.246. The zero-order chi connectivity index (χ0) is 19.6. The second-order valence-corrected chi connectivity index (χ2v) is 5.89. The van der Waals surface area contributed by atoms with Crippen LogP contribution in [-0.2, 0) is 6.42 Å². The van der Waals surface area contributed by atoms with E-state index in [1.165, 1.54) is 25.2 Å². The molecule has 3 aromatic rings. The van der Waals surface area contributed by atoms with E-state index in [1.54, 1.807) is 31.2 Å². The van der Waals surface area contributed by atoms with Crippen molar-refractivity contribution in [2.24, 2.45) is 0 Å². The Balaban J connectivity index is 2.01. The predicted molar refractivity (Wildman–Crippen MR) is 98.2 cm³/mol. The molecule has 2 aromatic carbocycles. The Labute approximate surface area is 153 Å².